The molecule has 1 aromatic heterocycles. The molecule has 23 heavy (non-hydrogen) atoms. The van der Waals surface area contributed by atoms with Crippen LogP contribution in [0.25, 0.3) is 0 Å². The first kappa shape index (κ1) is 17.0. The molecule has 0 aliphatic rings. The third-order valence-corrected chi connectivity index (χ3v) is 5.12. The van der Waals surface area contributed by atoms with Crippen LogP contribution in [-0.2, 0) is 16.6 Å². The highest BCUT2D eigenvalue weighted by Crippen LogP contribution is 2.23. The molecule has 2 N–H and O–H groups in total. The zero-order chi connectivity index (χ0) is 17.2. The fraction of sp³-hybridized carbons (Fsp3) is 0.333. The Morgan fingerprint density at radius 2 is 2.00 bits per heavy atom. The fourth-order valence-corrected chi connectivity index (χ4v) is 3.92. The van der Waals surface area contributed by atoms with Crippen LogP contribution in [0.4, 0.5) is 5.69 Å². The quantitative estimate of drug-likeness (QED) is 0.869. The normalized spacial score (nSPS) is 11.3. The van der Waals surface area contributed by atoms with Gasteiger partial charge in [-0.2, -0.15) is 5.10 Å². The lowest BCUT2D eigenvalue weighted by Crippen LogP contribution is -2.19. The van der Waals surface area contributed by atoms with Crippen LogP contribution in [0, 0.1) is 13.8 Å². The fourth-order valence-electron chi connectivity index (χ4n) is 2.45. The maximum atomic E-state index is 12.7. The van der Waals surface area contributed by atoms with Gasteiger partial charge in [0.2, 0.25) is 0 Å². The SMILES string of the molecule is CCn1nc(C)c(S(=O)(=O)Nc2cccc(C(=O)NC)c2)c1C. The minimum atomic E-state index is -3.78. The molecule has 0 fully saturated rings. The van der Waals surface area contributed by atoms with Crippen LogP contribution in [-0.4, -0.2) is 31.2 Å². The lowest BCUT2D eigenvalue weighted by molar-refractivity contribution is 0.0963. The molecule has 0 bridgehead atoms. The number of aromatic nitrogens is 2. The molecule has 1 amide bonds. The van der Waals surface area contributed by atoms with Crippen molar-refractivity contribution in [2.45, 2.75) is 32.2 Å². The summed E-state index contributed by atoms with van der Waals surface area (Å²) >= 11 is 0. The second-order valence-corrected chi connectivity index (χ2v) is 6.70. The van der Waals surface area contributed by atoms with Gasteiger partial charge in [-0.3, -0.25) is 14.2 Å². The van der Waals surface area contributed by atoms with E-state index in [4.69, 9.17) is 0 Å². The highest BCUT2D eigenvalue weighted by atomic mass is 32.2. The Balaban J connectivity index is 2.40. The van der Waals surface area contributed by atoms with Gasteiger partial charge in [0.1, 0.15) is 4.90 Å². The van der Waals surface area contributed by atoms with Gasteiger partial charge in [0, 0.05) is 24.8 Å². The average molecular weight is 336 g/mol. The average Bonchev–Trinajstić information content (AvgIpc) is 2.80. The molecule has 0 aliphatic carbocycles. The van der Waals surface area contributed by atoms with Crippen molar-refractivity contribution in [1.82, 2.24) is 15.1 Å². The van der Waals surface area contributed by atoms with Crippen molar-refractivity contribution >= 4 is 21.6 Å². The molecule has 0 spiro atoms. The highest BCUT2D eigenvalue weighted by molar-refractivity contribution is 7.92. The molecular weight excluding hydrogens is 316 g/mol. The van der Waals surface area contributed by atoms with Crippen LogP contribution < -0.4 is 10.0 Å². The maximum absolute atomic E-state index is 12.7. The maximum Gasteiger partial charge on any atom is 0.265 e. The molecule has 0 aliphatic heterocycles. The second kappa shape index (κ2) is 6.41. The van der Waals surface area contributed by atoms with E-state index >= 15 is 0 Å². The van der Waals surface area contributed by atoms with Gasteiger partial charge < -0.3 is 5.32 Å². The van der Waals surface area contributed by atoms with E-state index in [2.05, 4.69) is 15.1 Å². The summed E-state index contributed by atoms with van der Waals surface area (Å²) in [6, 6.07) is 6.32. The summed E-state index contributed by atoms with van der Waals surface area (Å²) in [5.41, 5.74) is 1.74. The van der Waals surface area contributed by atoms with E-state index in [0.29, 0.717) is 29.2 Å². The van der Waals surface area contributed by atoms with E-state index in [-0.39, 0.29) is 10.8 Å². The molecule has 1 heterocycles. The highest BCUT2D eigenvalue weighted by Gasteiger charge is 2.24. The van der Waals surface area contributed by atoms with Crippen LogP contribution in [0.15, 0.2) is 29.2 Å². The second-order valence-electron chi connectivity index (χ2n) is 5.08. The van der Waals surface area contributed by atoms with Crippen LogP contribution in [0.1, 0.15) is 28.7 Å². The molecule has 7 nitrogen and oxygen atoms in total. The van der Waals surface area contributed by atoms with Gasteiger partial charge in [-0.15, -0.1) is 0 Å². The number of rotatable bonds is 5. The Labute approximate surface area is 135 Å². The van der Waals surface area contributed by atoms with E-state index in [0.717, 1.165) is 0 Å². The van der Waals surface area contributed by atoms with Gasteiger partial charge in [-0.25, -0.2) is 8.42 Å². The van der Waals surface area contributed by atoms with Crippen molar-refractivity contribution in [3.63, 3.8) is 0 Å². The third-order valence-electron chi connectivity index (χ3n) is 3.49. The standard InChI is InChI=1S/C15H20N4O3S/c1-5-19-11(3)14(10(2)17-19)23(21,22)18-13-8-6-7-12(9-13)15(20)16-4/h6-9,18H,5H2,1-4H3,(H,16,20). The van der Waals surface area contributed by atoms with Crippen molar-refractivity contribution in [3.05, 3.63) is 41.2 Å². The predicted octanol–water partition coefficient (Wildman–Crippen LogP) is 1.68. The first-order valence-corrected chi connectivity index (χ1v) is 8.67. The number of nitrogens with one attached hydrogen (secondary N) is 2. The molecule has 0 saturated heterocycles. The first-order chi connectivity index (χ1) is 10.8. The number of hydrogen-bond donors (Lipinski definition) is 2. The summed E-state index contributed by atoms with van der Waals surface area (Å²) in [7, 11) is -2.26. The van der Waals surface area contributed by atoms with Gasteiger partial charge in [0.15, 0.2) is 0 Å². The van der Waals surface area contributed by atoms with Crippen molar-refractivity contribution in [2.24, 2.45) is 0 Å². The molecule has 0 atom stereocenters. The molecular formula is C15H20N4O3S. The van der Waals surface area contributed by atoms with Crippen LogP contribution in [0.3, 0.4) is 0 Å². The molecule has 0 saturated carbocycles. The monoisotopic (exact) mass is 336 g/mol. The van der Waals surface area contributed by atoms with E-state index in [1.807, 2.05) is 6.92 Å². The Hall–Kier alpha value is -2.35. The Kier molecular flexibility index (Phi) is 4.74. The van der Waals surface area contributed by atoms with Crippen LogP contribution >= 0.6 is 0 Å². The smallest absolute Gasteiger partial charge is 0.265 e. The van der Waals surface area contributed by atoms with Crippen molar-refractivity contribution in [1.29, 1.82) is 0 Å². The Morgan fingerprint density at radius 1 is 1.30 bits per heavy atom. The Bertz CT molecular complexity index is 840. The lowest BCUT2D eigenvalue weighted by atomic mass is 10.2. The summed E-state index contributed by atoms with van der Waals surface area (Å²) in [6.45, 7) is 5.87. The van der Waals surface area contributed by atoms with Crippen molar-refractivity contribution in [2.75, 3.05) is 11.8 Å². The number of carbonyl (C=O) groups excluding carboxylic acids is 1. The molecule has 2 aromatic rings. The first-order valence-electron chi connectivity index (χ1n) is 7.19. The number of sulfonamides is 1. The zero-order valence-corrected chi connectivity index (χ0v) is 14.4. The van der Waals surface area contributed by atoms with Gasteiger partial charge in [0.05, 0.1) is 11.4 Å². The Morgan fingerprint density at radius 3 is 2.57 bits per heavy atom. The minimum Gasteiger partial charge on any atom is -0.355 e. The van der Waals surface area contributed by atoms with Crippen molar-refractivity contribution < 1.29 is 13.2 Å². The number of carbonyl (C=O) groups is 1. The summed E-state index contributed by atoms with van der Waals surface area (Å²) in [5.74, 6) is -0.280. The molecule has 1 aromatic carbocycles. The molecule has 0 radical (unpaired) electrons. The van der Waals surface area contributed by atoms with E-state index in [9.17, 15) is 13.2 Å². The molecule has 8 heteroatoms. The van der Waals surface area contributed by atoms with Gasteiger partial charge >= 0.3 is 0 Å². The molecule has 2 rings (SSSR count). The summed E-state index contributed by atoms with van der Waals surface area (Å²) < 4.78 is 29.5. The summed E-state index contributed by atoms with van der Waals surface area (Å²) in [5, 5.41) is 6.73. The number of hydrogen-bond acceptors (Lipinski definition) is 4. The lowest BCUT2D eigenvalue weighted by Gasteiger charge is -2.10. The van der Waals surface area contributed by atoms with Gasteiger partial charge in [-0.1, -0.05) is 6.07 Å². The molecule has 124 valence electrons. The largest absolute Gasteiger partial charge is 0.355 e. The summed E-state index contributed by atoms with van der Waals surface area (Å²) in [6.07, 6.45) is 0. The predicted molar refractivity (Wildman–Crippen MR) is 88.0 cm³/mol. The topological polar surface area (TPSA) is 93.1 Å². The number of nitrogens with zero attached hydrogens (tertiary/aromatic N) is 2. The number of anilines is 1. The molecule has 0 unspecified atom stereocenters. The van der Waals surface area contributed by atoms with Crippen molar-refractivity contribution in [3.8, 4) is 0 Å². The zero-order valence-electron chi connectivity index (χ0n) is 13.5. The van der Waals surface area contributed by atoms with E-state index in [1.54, 1.807) is 36.7 Å². The van der Waals surface area contributed by atoms with Crippen LogP contribution in [0.5, 0.6) is 0 Å². The number of aryl methyl sites for hydroxylation is 2. The van der Waals surface area contributed by atoms with Crippen LogP contribution in [0.2, 0.25) is 0 Å². The number of benzene rings is 1. The minimum absolute atomic E-state index is 0.171. The summed E-state index contributed by atoms with van der Waals surface area (Å²) in [4.78, 5) is 11.8. The third kappa shape index (κ3) is 3.37. The number of amides is 1. The van der Waals surface area contributed by atoms with E-state index in [1.165, 1.54) is 13.1 Å². The van der Waals surface area contributed by atoms with E-state index < -0.39 is 10.0 Å². The van der Waals surface area contributed by atoms with Gasteiger partial charge in [-0.05, 0) is 39.0 Å². The van der Waals surface area contributed by atoms with Gasteiger partial charge in [0.25, 0.3) is 15.9 Å².